The van der Waals surface area contributed by atoms with Crippen molar-refractivity contribution in [3.05, 3.63) is 53.3 Å². The van der Waals surface area contributed by atoms with Gasteiger partial charge in [-0.05, 0) is 30.2 Å². The molecule has 0 radical (unpaired) electrons. The van der Waals surface area contributed by atoms with Crippen LogP contribution >= 0.6 is 0 Å². The summed E-state index contributed by atoms with van der Waals surface area (Å²) in [5, 5.41) is 3.09. The largest absolute Gasteiger partial charge is 0.423 e. The number of para-hydroxylation sites is 1. The molecule has 4 nitrogen and oxygen atoms in total. The molecule has 0 amide bonds. The molecule has 0 aliphatic rings. The van der Waals surface area contributed by atoms with Gasteiger partial charge in [0, 0.05) is 24.1 Å². The first kappa shape index (κ1) is 16.2. The average molecular weight is 326 g/mol. The molecule has 24 heavy (non-hydrogen) atoms. The number of Topliss-reactive ketones (excluding diaryl/α,β-unsaturated/α-hetero) is 1. The SMILES string of the molecule is Cc1ccccc1Nc1nc2cc(F)c(CC(=O)C(C)C)cc2o1. The highest BCUT2D eigenvalue weighted by Crippen LogP contribution is 2.26. The van der Waals surface area contributed by atoms with E-state index in [1.54, 1.807) is 19.9 Å². The van der Waals surface area contributed by atoms with Gasteiger partial charge in [0.25, 0.3) is 6.01 Å². The first-order valence-corrected chi connectivity index (χ1v) is 7.88. The van der Waals surface area contributed by atoms with Gasteiger partial charge in [-0.25, -0.2) is 4.39 Å². The third-order valence-corrected chi connectivity index (χ3v) is 3.95. The molecule has 0 fully saturated rings. The van der Waals surface area contributed by atoms with E-state index in [-0.39, 0.29) is 18.1 Å². The predicted octanol–water partition coefficient (Wildman–Crippen LogP) is 4.79. The third-order valence-electron chi connectivity index (χ3n) is 3.95. The number of anilines is 2. The number of hydrogen-bond donors (Lipinski definition) is 1. The number of ketones is 1. The Balaban J connectivity index is 1.91. The number of benzene rings is 2. The minimum atomic E-state index is -0.438. The summed E-state index contributed by atoms with van der Waals surface area (Å²) in [5.41, 5.74) is 3.14. The van der Waals surface area contributed by atoms with Crippen molar-refractivity contribution < 1.29 is 13.6 Å². The van der Waals surface area contributed by atoms with Crippen LogP contribution in [-0.4, -0.2) is 10.8 Å². The van der Waals surface area contributed by atoms with Crippen LogP contribution in [0.4, 0.5) is 16.1 Å². The van der Waals surface area contributed by atoms with Crippen molar-refractivity contribution in [2.24, 2.45) is 5.92 Å². The van der Waals surface area contributed by atoms with Crippen LogP contribution in [0.15, 0.2) is 40.8 Å². The summed E-state index contributed by atoms with van der Waals surface area (Å²) in [4.78, 5) is 16.1. The fourth-order valence-electron chi connectivity index (χ4n) is 2.40. The van der Waals surface area contributed by atoms with Gasteiger partial charge in [-0.2, -0.15) is 4.98 Å². The molecule has 0 spiro atoms. The number of carbonyl (C=O) groups excluding carboxylic acids is 1. The van der Waals surface area contributed by atoms with Crippen molar-refractivity contribution in [2.45, 2.75) is 27.2 Å². The number of rotatable bonds is 5. The normalized spacial score (nSPS) is 11.2. The van der Waals surface area contributed by atoms with E-state index in [2.05, 4.69) is 10.3 Å². The Bertz CT molecular complexity index is 900. The summed E-state index contributed by atoms with van der Waals surface area (Å²) in [7, 11) is 0. The van der Waals surface area contributed by atoms with E-state index < -0.39 is 5.82 Å². The van der Waals surface area contributed by atoms with Gasteiger partial charge in [-0.3, -0.25) is 4.79 Å². The van der Waals surface area contributed by atoms with Crippen LogP contribution in [0, 0.1) is 18.7 Å². The number of nitrogens with zero attached hydrogens (tertiary/aromatic N) is 1. The lowest BCUT2D eigenvalue weighted by molar-refractivity contribution is -0.121. The second-order valence-corrected chi connectivity index (χ2v) is 6.17. The van der Waals surface area contributed by atoms with E-state index in [1.165, 1.54) is 6.07 Å². The van der Waals surface area contributed by atoms with Gasteiger partial charge in [0.15, 0.2) is 5.58 Å². The zero-order valence-electron chi connectivity index (χ0n) is 13.9. The predicted molar refractivity (Wildman–Crippen MR) is 92.0 cm³/mol. The van der Waals surface area contributed by atoms with E-state index in [4.69, 9.17) is 4.42 Å². The van der Waals surface area contributed by atoms with Crippen molar-refractivity contribution in [2.75, 3.05) is 5.32 Å². The zero-order valence-corrected chi connectivity index (χ0v) is 13.9. The molecule has 0 aliphatic heterocycles. The lowest BCUT2D eigenvalue weighted by atomic mass is 10.0. The number of aryl methyl sites for hydroxylation is 1. The van der Waals surface area contributed by atoms with E-state index in [9.17, 15) is 9.18 Å². The summed E-state index contributed by atoms with van der Waals surface area (Å²) >= 11 is 0. The van der Waals surface area contributed by atoms with E-state index in [0.29, 0.717) is 22.7 Å². The molecule has 2 aromatic carbocycles. The molecule has 0 saturated heterocycles. The number of nitrogens with one attached hydrogen (secondary N) is 1. The molecular weight excluding hydrogens is 307 g/mol. The van der Waals surface area contributed by atoms with Crippen molar-refractivity contribution in [3.8, 4) is 0 Å². The number of halogens is 1. The molecule has 1 heterocycles. The minimum absolute atomic E-state index is 0.00831. The summed E-state index contributed by atoms with van der Waals surface area (Å²) in [6, 6.07) is 10.9. The molecule has 0 atom stereocenters. The van der Waals surface area contributed by atoms with Crippen LogP contribution in [0.1, 0.15) is 25.0 Å². The van der Waals surface area contributed by atoms with Gasteiger partial charge in [0.2, 0.25) is 0 Å². The first-order chi connectivity index (χ1) is 11.4. The Kier molecular flexibility index (Phi) is 4.34. The fourth-order valence-corrected chi connectivity index (χ4v) is 2.40. The summed E-state index contributed by atoms with van der Waals surface area (Å²) in [6.07, 6.45) is 0.0562. The van der Waals surface area contributed by atoms with Gasteiger partial charge in [-0.1, -0.05) is 32.0 Å². The first-order valence-electron chi connectivity index (χ1n) is 7.88. The van der Waals surface area contributed by atoms with Crippen molar-refractivity contribution in [1.29, 1.82) is 0 Å². The maximum absolute atomic E-state index is 14.2. The van der Waals surface area contributed by atoms with Crippen LogP contribution in [-0.2, 0) is 11.2 Å². The molecule has 1 N–H and O–H groups in total. The molecule has 0 saturated carbocycles. The molecule has 5 heteroatoms. The standard InChI is InChI=1S/C19H19FN2O2/c1-11(2)17(23)8-13-9-18-16(10-14(13)20)22-19(24-18)21-15-7-5-4-6-12(15)3/h4-7,9-11H,8H2,1-3H3,(H,21,22). The summed E-state index contributed by atoms with van der Waals surface area (Å²) < 4.78 is 19.9. The third kappa shape index (κ3) is 3.30. The molecule has 0 unspecified atom stereocenters. The Morgan fingerprint density at radius 2 is 2.04 bits per heavy atom. The Morgan fingerprint density at radius 3 is 2.75 bits per heavy atom. The van der Waals surface area contributed by atoms with Crippen LogP contribution in [0.5, 0.6) is 0 Å². The number of carbonyl (C=O) groups is 1. The molecule has 3 aromatic rings. The molecule has 0 bridgehead atoms. The monoisotopic (exact) mass is 326 g/mol. The quantitative estimate of drug-likeness (QED) is 0.732. The average Bonchev–Trinajstić information content (AvgIpc) is 2.91. The lowest BCUT2D eigenvalue weighted by Gasteiger charge is -2.05. The van der Waals surface area contributed by atoms with Crippen molar-refractivity contribution in [1.82, 2.24) is 4.98 Å². The van der Waals surface area contributed by atoms with Gasteiger partial charge < -0.3 is 9.73 Å². The molecular formula is C19H19FN2O2. The van der Waals surface area contributed by atoms with Gasteiger partial charge in [0.05, 0.1) is 0 Å². The highest BCUT2D eigenvalue weighted by atomic mass is 19.1. The highest BCUT2D eigenvalue weighted by Gasteiger charge is 2.15. The zero-order chi connectivity index (χ0) is 17.3. The second-order valence-electron chi connectivity index (χ2n) is 6.17. The minimum Gasteiger partial charge on any atom is -0.423 e. The van der Waals surface area contributed by atoms with E-state index in [0.717, 1.165) is 11.3 Å². The van der Waals surface area contributed by atoms with Gasteiger partial charge in [-0.15, -0.1) is 0 Å². The van der Waals surface area contributed by atoms with Crippen LogP contribution in [0.2, 0.25) is 0 Å². The van der Waals surface area contributed by atoms with Gasteiger partial charge in [0.1, 0.15) is 17.1 Å². The maximum Gasteiger partial charge on any atom is 0.300 e. The molecule has 3 rings (SSSR count). The Labute approximate surface area is 139 Å². The van der Waals surface area contributed by atoms with E-state index >= 15 is 0 Å². The molecule has 0 aliphatic carbocycles. The fraction of sp³-hybridized carbons (Fsp3) is 0.263. The van der Waals surface area contributed by atoms with Crippen molar-refractivity contribution in [3.63, 3.8) is 0 Å². The Morgan fingerprint density at radius 1 is 1.29 bits per heavy atom. The Hall–Kier alpha value is -2.69. The highest BCUT2D eigenvalue weighted by molar-refractivity contribution is 5.84. The van der Waals surface area contributed by atoms with E-state index in [1.807, 2.05) is 31.2 Å². The summed E-state index contributed by atoms with van der Waals surface area (Å²) in [5.74, 6) is -0.577. The number of aromatic nitrogens is 1. The topological polar surface area (TPSA) is 55.1 Å². The smallest absolute Gasteiger partial charge is 0.300 e. The number of oxazole rings is 1. The van der Waals surface area contributed by atoms with Gasteiger partial charge >= 0.3 is 0 Å². The number of fused-ring (bicyclic) bond motifs is 1. The molecule has 1 aromatic heterocycles. The number of hydrogen-bond acceptors (Lipinski definition) is 4. The van der Waals surface area contributed by atoms with Crippen molar-refractivity contribution >= 4 is 28.6 Å². The van der Waals surface area contributed by atoms with Crippen LogP contribution < -0.4 is 5.32 Å². The maximum atomic E-state index is 14.2. The second kappa shape index (κ2) is 6.43. The van der Waals surface area contributed by atoms with Crippen LogP contribution in [0.3, 0.4) is 0 Å². The summed E-state index contributed by atoms with van der Waals surface area (Å²) in [6.45, 7) is 5.58. The lowest BCUT2D eigenvalue weighted by Crippen LogP contribution is -2.11. The molecule has 124 valence electrons. The van der Waals surface area contributed by atoms with Crippen LogP contribution in [0.25, 0.3) is 11.1 Å².